The van der Waals surface area contributed by atoms with Gasteiger partial charge in [-0.3, -0.25) is 0 Å². The summed E-state index contributed by atoms with van der Waals surface area (Å²) in [5.41, 5.74) is 1.44. The van der Waals surface area contributed by atoms with Crippen molar-refractivity contribution in [3.05, 3.63) is 70.5 Å². The highest BCUT2D eigenvalue weighted by atomic mass is 35.5. The van der Waals surface area contributed by atoms with Gasteiger partial charge in [0.2, 0.25) is 0 Å². The zero-order valence-electron chi connectivity index (χ0n) is 11.4. The minimum absolute atomic E-state index is 0.157. The van der Waals surface area contributed by atoms with E-state index >= 15 is 0 Å². The van der Waals surface area contributed by atoms with Crippen molar-refractivity contribution in [1.82, 2.24) is 10.6 Å². The Labute approximate surface area is 128 Å². The van der Waals surface area contributed by atoms with Gasteiger partial charge in [0.25, 0.3) is 0 Å². The van der Waals surface area contributed by atoms with E-state index < -0.39 is 0 Å². The molecule has 0 heterocycles. The van der Waals surface area contributed by atoms with Crippen LogP contribution >= 0.6 is 11.6 Å². The lowest BCUT2D eigenvalue weighted by Crippen LogP contribution is -2.36. The molecule has 2 amide bonds. The van der Waals surface area contributed by atoms with Gasteiger partial charge in [0, 0.05) is 23.7 Å². The van der Waals surface area contributed by atoms with Crippen LogP contribution in [0.25, 0.3) is 0 Å². The van der Waals surface area contributed by atoms with E-state index in [9.17, 15) is 9.18 Å². The van der Waals surface area contributed by atoms with Crippen molar-refractivity contribution < 1.29 is 9.18 Å². The van der Waals surface area contributed by atoms with Crippen LogP contribution in [-0.2, 0) is 13.0 Å². The quantitative estimate of drug-likeness (QED) is 0.872. The first-order valence-corrected chi connectivity index (χ1v) is 7.03. The lowest BCUT2D eigenvalue weighted by molar-refractivity contribution is 0.240. The minimum Gasteiger partial charge on any atom is -0.338 e. The first kappa shape index (κ1) is 15.3. The average molecular weight is 307 g/mol. The molecule has 0 aliphatic heterocycles. The molecule has 0 saturated carbocycles. The zero-order valence-corrected chi connectivity index (χ0v) is 12.2. The fourth-order valence-electron chi connectivity index (χ4n) is 1.89. The van der Waals surface area contributed by atoms with Gasteiger partial charge in [0.1, 0.15) is 5.82 Å². The van der Waals surface area contributed by atoms with Crippen LogP contribution in [0.15, 0.2) is 48.5 Å². The van der Waals surface area contributed by atoms with Gasteiger partial charge in [0.15, 0.2) is 0 Å². The largest absolute Gasteiger partial charge is 0.338 e. The summed E-state index contributed by atoms with van der Waals surface area (Å²) in [5.74, 6) is -0.325. The number of nitrogens with one attached hydrogen (secondary N) is 2. The lowest BCUT2D eigenvalue weighted by Gasteiger charge is -2.09. The molecule has 2 aromatic carbocycles. The van der Waals surface area contributed by atoms with Crippen molar-refractivity contribution >= 4 is 17.6 Å². The van der Waals surface area contributed by atoms with Gasteiger partial charge < -0.3 is 10.6 Å². The van der Waals surface area contributed by atoms with Crippen LogP contribution in [-0.4, -0.2) is 12.6 Å². The SMILES string of the molecule is O=C(NCCc1ccccc1Cl)NCc1ccccc1F. The third-order valence-electron chi connectivity index (χ3n) is 3.03. The van der Waals surface area contributed by atoms with Gasteiger partial charge in [-0.05, 0) is 24.1 Å². The number of hydrogen-bond acceptors (Lipinski definition) is 1. The van der Waals surface area contributed by atoms with Crippen LogP contribution in [0, 0.1) is 5.82 Å². The molecule has 2 N–H and O–H groups in total. The lowest BCUT2D eigenvalue weighted by atomic mass is 10.1. The topological polar surface area (TPSA) is 41.1 Å². The van der Waals surface area contributed by atoms with E-state index in [-0.39, 0.29) is 18.4 Å². The van der Waals surface area contributed by atoms with Crippen LogP contribution in [0.1, 0.15) is 11.1 Å². The molecule has 3 nitrogen and oxygen atoms in total. The van der Waals surface area contributed by atoms with Crippen molar-refractivity contribution in [3.8, 4) is 0 Å². The molecular formula is C16H16ClFN2O. The monoisotopic (exact) mass is 306 g/mol. The first-order valence-electron chi connectivity index (χ1n) is 6.65. The van der Waals surface area contributed by atoms with E-state index in [1.807, 2.05) is 24.3 Å². The summed E-state index contributed by atoms with van der Waals surface area (Å²) >= 11 is 6.03. The number of amides is 2. The van der Waals surface area contributed by atoms with Crippen molar-refractivity contribution in [2.24, 2.45) is 0 Å². The third-order valence-corrected chi connectivity index (χ3v) is 3.40. The number of urea groups is 1. The molecule has 0 fully saturated rings. The predicted molar refractivity (Wildman–Crippen MR) is 81.8 cm³/mol. The molecule has 0 unspecified atom stereocenters. The average Bonchev–Trinajstić information content (AvgIpc) is 2.48. The molecule has 0 aliphatic rings. The van der Waals surface area contributed by atoms with Gasteiger partial charge in [-0.25, -0.2) is 9.18 Å². The first-order chi connectivity index (χ1) is 10.2. The van der Waals surface area contributed by atoms with Crippen LogP contribution in [0.4, 0.5) is 9.18 Å². The van der Waals surface area contributed by atoms with Crippen molar-refractivity contribution in [1.29, 1.82) is 0 Å². The second-order valence-corrected chi connectivity index (χ2v) is 4.95. The minimum atomic E-state index is -0.328. The summed E-state index contributed by atoms with van der Waals surface area (Å²) in [7, 11) is 0. The molecule has 0 radical (unpaired) electrons. The molecule has 0 atom stereocenters. The highest BCUT2D eigenvalue weighted by molar-refractivity contribution is 6.31. The summed E-state index contributed by atoms with van der Waals surface area (Å²) in [6, 6.07) is 13.5. The number of halogens is 2. The fourth-order valence-corrected chi connectivity index (χ4v) is 2.12. The maximum absolute atomic E-state index is 13.4. The van der Waals surface area contributed by atoms with Gasteiger partial charge in [-0.1, -0.05) is 48.0 Å². The molecule has 21 heavy (non-hydrogen) atoms. The Kier molecular flexibility index (Phi) is 5.58. The summed E-state index contributed by atoms with van der Waals surface area (Å²) in [6.07, 6.45) is 0.646. The highest BCUT2D eigenvalue weighted by Gasteiger charge is 2.04. The van der Waals surface area contributed by atoms with Crippen molar-refractivity contribution in [2.45, 2.75) is 13.0 Å². The number of benzene rings is 2. The summed E-state index contributed by atoms with van der Waals surface area (Å²) in [5, 5.41) is 6.02. The van der Waals surface area contributed by atoms with Gasteiger partial charge in [0.05, 0.1) is 0 Å². The molecular weight excluding hydrogens is 291 g/mol. The van der Waals surface area contributed by atoms with E-state index in [1.165, 1.54) is 6.07 Å². The third kappa shape index (κ3) is 4.76. The molecule has 2 aromatic rings. The Morgan fingerprint density at radius 3 is 2.38 bits per heavy atom. The predicted octanol–water partition coefficient (Wildman–Crippen LogP) is 3.52. The Morgan fingerprint density at radius 2 is 1.67 bits per heavy atom. The van der Waals surface area contributed by atoms with Crippen molar-refractivity contribution in [3.63, 3.8) is 0 Å². The van der Waals surface area contributed by atoms with Crippen LogP contribution in [0.5, 0.6) is 0 Å². The Balaban J connectivity index is 1.73. The summed E-state index contributed by atoms with van der Waals surface area (Å²) < 4.78 is 13.4. The Morgan fingerprint density at radius 1 is 1.00 bits per heavy atom. The number of hydrogen-bond donors (Lipinski definition) is 2. The molecule has 0 bridgehead atoms. The second-order valence-electron chi connectivity index (χ2n) is 4.54. The maximum atomic E-state index is 13.4. The van der Waals surface area contributed by atoms with E-state index in [0.29, 0.717) is 23.6 Å². The van der Waals surface area contributed by atoms with E-state index in [2.05, 4.69) is 10.6 Å². The normalized spacial score (nSPS) is 10.2. The van der Waals surface area contributed by atoms with E-state index in [4.69, 9.17) is 11.6 Å². The van der Waals surface area contributed by atoms with Crippen molar-refractivity contribution in [2.75, 3.05) is 6.54 Å². The number of rotatable bonds is 5. The summed E-state index contributed by atoms with van der Waals surface area (Å²) in [6.45, 7) is 0.622. The van der Waals surface area contributed by atoms with Crippen LogP contribution in [0.3, 0.4) is 0 Å². The van der Waals surface area contributed by atoms with E-state index in [0.717, 1.165) is 5.56 Å². The van der Waals surface area contributed by atoms with Crippen LogP contribution in [0.2, 0.25) is 5.02 Å². The van der Waals surface area contributed by atoms with Gasteiger partial charge in [-0.2, -0.15) is 0 Å². The molecule has 0 saturated heterocycles. The Bertz CT molecular complexity index is 619. The smallest absolute Gasteiger partial charge is 0.315 e. The summed E-state index contributed by atoms with van der Waals surface area (Å²) in [4.78, 5) is 11.6. The molecule has 110 valence electrons. The highest BCUT2D eigenvalue weighted by Crippen LogP contribution is 2.14. The van der Waals surface area contributed by atoms with Gasteiger partial charge >= 0.3 is 6.03 Å². The molecule has 0 aliphatic carbocycles. The molecule has 0 aromatic heterocycles. The Hall–Kier alpha value is -2.07. The van der Waals surface area contributed by atoms with Crippen LogP contribution < -0.4 is 10.6 Å². The number of carbonyl (C=O) groups is 1. The second kappa shape index (κ2) is 7.64. The molecule has 5 heteroatoms. The maximum Gasteiger partial charge on any atom is 0.315 e. The van der Waals surface area contributed by atoms with Gasteiger partial charge in [-0.15, -0.1) is 0 Å². The fraction of sp³-hybridized carbons (Fsp3) is 0.188. The number of carbonyl (C=O) groups excluding carboxylic acids is 1. The van der Waals surface area contributed by atoms with E-state index in [1.54, 1.807) is 18.2 Å². The molecule has 2 rings (SSSR count). The standard InChI is InChI=1S/C16H16ClFN2O/c17-14-7-3-1-5-12(14)9-10-19-16(21)20-11-13-6-2-4-8-15(13)18/h1-8H,9-11H2,(H2,19,20,21). The zero-order chi connectivity index (χ0) is 15.1. The molecule has 0 spiro atoms.